The van der Waals surface area contributed by atoms with Gasteiger partial charge in [0.05, 0.1) is 5.69 Å². The van der Waals surface area contributed by atoms with Crippen molar-refractivity contribution in [3.63, 3.8) is 0 Å². The van der Waals surface area contributed by atoms with Gasteiger partial charge in [-0.3, -0.25) is 9.59 Å². The van der Waals surface area contributed by atoms with Crippen LogP contribution in [0, 0.1) is 0 Å². The predicted molar refractivity (Wildman–Crippen MR) is 112 cm³/mol. The molecule has 1 aliphatic heterocycles. The molecule has 1 unspecified atom stereocenters. The highest BCUT2D eigenvalue weighted by atomic mass is 35.5. The number of halogens is 1. The van der Waals surface area contributed by atoms with Crippen LogP contribution in [-0.4, -0.2) is 27.3 Å². The minimum absolute atomic E-state index is 0.127. The topological polar surface area (TPSA) is 75.2 Å². The minimum Gasteiger partial charge on any atom is -0.356 e. The summed E-state index contributed by atoms with van der Waals surface area (Å²) in [6, 6.07) is 16.7. The van der Waals surface area contributed by atoms with Crippen molar-refractivity contribution in [1.82, 2.24) is 10.2 Å². The summed E-state index contributed by atoms with van der Waals surface area (Å²) in [5.41, 5.74) is 1.63. The number of imide groups is 1. The van der Waals surface area contributed by atoms with E-state index in [0.717, 1.165) is 5.56 Å². The minimum atomic E-state index is -0.513. The second-order valence-electron chi connectivity index (χ2n) is 6.07. The van der Waals surface area contributed by atoms with Crippen molar-refractivity contribution in [2.45, 2.75) is 22.6 Å². The van der Waals surface area contributed by atoms with Crippen LogP contribution in [0.5, 0.6) is 0 Å². The monoisotopic (exact) mass is 430 g/mol. The molecule has 1 fully saturated rings. The van der Waals surface area contributed by atoms with Crippen LogP contribution < -0.4 is 10.2 Å². The van der Waals surface area contributed by atoms with E-state index in [4.69, 9.17) is 11.6 Å². The van der Waals surface area contributed by atoms with Crippen LogP contribution >= 0.6 is 34.7 Å². The fourth-order valence-corrected chi connectivity index (χ4v) is 5.01. The Bertz CT molecular complexity index is 1010. The van der Waals surface area contributed by atoms with Gasteiger partial charge in [0.15, 0.2) is 4.34 Å². The number of nitrogens with zero attached hydrogens (tertiary/aromatic N) is 3. The van der Waals surface area contributed by atoms with Gasteiger partial charge in [-0.25, -0.2) is 4.90 Å². The first-order chi connectivity index (χ1) is 13.6. The molecule has 6 nitrogen and oxygen atoms in total. The van der Waals surface area contributed by atoms with Gasteiger partial charge in [-0.15, -0.1) is 10.2 Å². The van der Waals surface area contributed by atoms with Crippen LogP contribution in [0.1, 0.15) is 12.0 Å². The number of rotatable bonds is 6. The van der Waals surface area contributed by atoms with E-state index < -0.39 is 5.25 Å². The zero-order chi connectivity index (χ0) is 19.5. The number of hydrogen-bond donors (Lipinski definition) is 1. The normalized spacial score (nSPS) is 16.6. The van der Waals surface area contributed by atoms with Crippen molar-refractivity contribution in [2.24, 2.45) is 0 Å². The molecule has 3 aromatic rings. The SMILES string of the molecule is O=C1CC(Sc2nnc(NCc3ccccc3)s2)C(=O)N1c1cccc(Cl)c1. The average Bonchev–Trinajstić information content (AvgIpc) is 3.25. The van der Waals surface area contributed by atoms with Gasteiger partial charge in [0, 0.05) is 18.0 Å². The van der Waals surface area contributed by atoms with Crippen LogP contribution in [0.2, 0.25) is 5.02 Å². The Kier molecular flexibility index (Phi) is 5.61. The third kappa shape index (κ3) is 4.19. The standard InChI is InChI=1S/C19H15ClN4O2S2/c20-13-7-4-8-14(9-13)24-16(25)10-15(17(24)26)27-19-23-22-18(28-19)21-11-12-5-2-1-3-6-12/h1-9,15H,10-11H2,(H,21,22). The molecule has 0 saturated carbocycles. The number of benzene rings is 2. The second-order valence-corrected chi connectivity index (χ2v) is 8.93. The highest BCUT2D eigenvalue weighted by Gasteiger charge is 2.40. The molecule has 28 heavy (non-hydrogen) atoms. The maximum absolute atomic E-state index is 12.7. The van der Waals surface area contributed by atoms with Crippen LogP contribution in [0.15, 0.2) is 58.9 Å². The van der Waals surface area contributed by atoms with Gasteiger partial charge in [0.1, 0.15) is 5.25 Å². The lowest BCUT2D eigenvalue weighted by molar-refractivity contribution is -0.121. The predicted octanol–water partition coefficient (Wildman–Crippen LogP) is 4.23. The van der Waals surface area contributed by atoms with Crippen molar-refractivity contribution in [2.75, 3.05) is 10.2 Å². The van der Waals surface area contributed by atoms with E-state index in [0.29, 0.717) is 26.7 Å². The fourth-order valence-electron chi connectivity index (χ4n) is 2.81. The summed E-state index contributed by atoms with van der Waals surface area (Å²) < 4.78 is 0.648. The number of hydrogen-bond acceptors (Lipinski definition) is 7. The molecule has 1 aromatic heterocycles. The van der Waals surface area contributed by atoms with Crippen LogP contribution in [0.4, 0.5) is 10.8 Å². The lowest BCUT2D eigenvalue weighted by Crippen LogP contribution is -2.31. The summed E-state index contributed by atoms with van der Waals surface area (Å²) in [6.07, 6.45) is 0.127. The molecule has 4 rings (SSSR count). The van der Waals surface area contributed by atoms with Crippen molar-refractivity contribution >= 4 is 57.3 Å². The van der Waals surface area contributed by atoms with Crippen molar-refractivity contribution < 1.29 is 9.59 Å². The summed E-state index contributed by atoms with van der Waals surface area (Å²) in [6.45, 7) is 0.642. The highest BCUT2D eigenvalue weighted by Crippen LogP contribution is 2.36. The molecule has 1 N–H and O–H groups in total. The van der Waals surface area contributed by atoms with Gasteiger partial charge in [-0.05, 0) is 23.8 Å². The van der Waals surface area contributed by atoms with E-state index in [1.54, 1.807) is 24.3 Å². The van der Waals surface area contributed by atoms with E-state index in [9.17, 15) is 9.59 Å². The Morgan fingerprint density at radius 3 is 2.75 bits per heavy atom. The third-order valence-electron chi connectivity index (χ3n) is 4.11. The third-order valence-corrected chi connectivity index (χ3v) is 6.49. The molecular weight excluding hydrogens is 416 g/mol. The van der Waals surface area contributed by atoms with Gasteiger partial charge in [-0.1, -0.05) is 71.1 Å². The molecule has 1 atom stereocenters. The zero-order valence-corrected chi connectivity index (χ0v) is 16.9. The van der Waals surface area contributed by atoms with Gasteiger partial charge in [-0.2, -0.15) is 0 Å². The van der Waals surface area contributed by atoms with Crippen molar-refractivity contribution in [1.29, 1.82) is 0 Å². The second kappa shape index (κ2) is 8.30. The van der Waals surface area contributed by atoms with Crippen molar-refractivity contribution in [3.05, 3.63) is 65.2 Å². The van der Waals surface area contributed by atoms with Crippen LogP contribution in [0.3, 0.4) is 0 Å². The number of carbonyl (C=O) groups is 2. The molecule has 2 amide bonds. The van der Waals surface area contributed by atoms with E-state index in [1.165, 1.54) is 28.0 Å². The van der Waals surface area contributed by atoms with Gasteiger partial charge in [0.25, 0.3) is 0 Å². The first-order valence-electron chi connectivity index (χ1n) is 8.50. The molecule has 0 bridgehead atoms. The number of amides is 2. The smallest absolute Gasteiger partial charge is 0.247 e. The molecule has 0 spiro atoms. The van der Waals surface area contributed by atoms with Gasteiger partial charge < -0.3 is 5.32 Å². The summed E-state index contributed by atoms with van der Waals surface area (Å²) in [5, 5.41) is 12.1. The molecule has 2 heterocycles. The van der Waals surface area contributed by atoms with Crippen LogP contribution in [-0.2, 0) is 16.1 Å². The molecule has 1 saturated heterocycles. The van der Waals surface area contributed by atoms with E-state index in [-0.39, 0.29) is 18.2 Å². The lowest BCUT2D eigenvalue weighted by atomic mass is 10.2. The number of thioether (sulfide) groups is 1. The first kappa shape index (κ1) is 18.9. The Balaban J connectivity index is 1.40. The number of nitrogens with one attached hydrogen (secondary N) is 1. The van der Waals surface area contributed by atoms with Crippen molar-refractivity contribution in [3.8, 4) is 0 Å². The molecule has 0 aliphatic carbocycles. The molecule has 0 radical (unpaired) electrons. The van der Waals surface area contributed by atoms with E-state index in [1.807, 2.05) is 30.3 Å². The number of aromatic nitrogens is 2. The Morgan fingerprint density at radius 1 is 1.14 bits per heavy atom. The molecule has 142 valence electrons. The maximum Gasteiger partial charge on any atom is 0.247 e. The van der Waals surface area contributed by atoms with Gasteiger partial charge in [0.2, 0.25) is 16.9 Å². The summed E-state index contributed by atoms with van der Waals surface area (Å²) in [5.74, 6) is -0.497. The molecule has 1 aliphatic rings. The van der Waals surface area contributed by atoms with Gasteiger partial charge >= 0.3 is 0 Å². The van der Waals surface area contributed by atoms with Crippen LogP contribution in [0.25, 0.3) is 0 Å². The fraction of sp³-hybridized carbons (Fsp3) is 0.158. The number of carbonyl (C=O) groups excluding carboxylic acids is 2. The van der Waals surface area contributed by atoms with E-state index >= 15 is 0 Å². The number of anilines is 2. The first-order valence-corrected chi connectivity index (χ1v) is 10.6. The molecule has 2 aromatic carbocycles. The summed E-state index contributed by atoms with van der Waals surface area (Å²) >= 11 is 8.62. The average molecular weight is 431 g/mol. The zero-order valence-electron chi connectivity index (χ0n) is 14.5. The lowest BCUT2D eigenvalue weighted by Gasteiger charge is -2.14. The maximum atomic E-state index is 12.7. The molecular formula is C19H15ClN4O2S2. The quantitative estimate of drug-likeness (QED) is 0.590. The van der Waals surface area contributed by atoms with E-state index in [2.05, 4.69) is 15.5 Å². The Morgan fingerprint density at radius 2 is 1.96 bits per heavy atom. The Hall–Kier alpha value is -2.42. The Labute approximate surface area is 174 Å². The largest absolute Gasteiger partial charge is 0.356 e. The highest BCUT2D eigenvalue weighted by molar-refractivity contribution is 8.02. The molecule has 9 heteroatoms. The summed E-state index contributed by atoms with van der Waals surface area (Å²) in [7, 11) is 0. The summed E-state index contributed by atoms with van der Waals surface area (Å²) in [4.78, 5) is 26.3.